The van der Waals surface area contributed by atoms with Crippen LogP contribution in [0.5, 0.6) is 0 Å². The number of rotatable bonds is 6. The Bertz CT molecular complexity index is 642. The fourth-order valence-corrected chi connectivity index (χ4v) is 3.14. The third-order valence-corrected chi connectivity index (χ3v) is 4.33. The minimum Gasteiger partial charge on any atom is -0.396 e. The van der Waals surface area contributed by atoms with Gasteiger partial charge in [-0.25, -0.2) is 4.39 Å². The van der Waals surface area contributed by atoms with Gasteiger partial charge in [-0.3, -0.25) is 9.88 Å². The molecule has 2 heterocycles. The van der Waals surface area contributed by atoms with E-state index in [1.165, 1.54) is 6.07 Å². The number of hydrogen-bond donors (Lipinski definition) is 1. The Morgan fingerprint density at radius 2 is 2.13 bits per heavy atom. The second kappa shape index (κ2) is 7.81. The SMILES string of the molecule is OCCCOC1CCN(Cc2cc(F)cc3cccnc23)CC1. The molecule has 5 heteroatoms. The summed E-state index contributed by atoms with van der Waals surface area (Å²) in [7, 11) is 0. The molecule has 23 heavy (non-hydrogen) atoms. The van der Waals surface area contributed by atoms with Crippen molar-refractivity contribution in [2.75, 3.05) is 26.3 Å². The van der Waals surface area contributed by atoms with E-state index in [0.29, 0.717) is 19.6 Å². The summed E-state index contributed by atoms with van der Waals surface area (Å²) in [5, 5.41) is 9.64. The third-order valence-electron chi connectivity index (χ3n) is 4.33. The lowest BCUT2D eigenvalue weighted by Gasteiger charge is -2.32. The van der Waals surface area contributed by atoms with Gasteiger partial charge in [0.05, 0.1) is 11.6 Å². The third kappa shape index (κ3) is 4.25. The smallest absolute Gasteiger partial charge is 0.124 e. The van der Waals surface area contributed by atoms with Crippen LogP contribution >= 0.6 is 0 Å². The second-order valence-electron chi connectivity index (χ2n) is 6.06. The molecule has 1 fully saturated rings. The van der Waals surface area contributed by atoms with Gasteiger partial charge in [0, 0.05) is 44.4 Å². The highest BCUT2D eigenvalue weighted by Crippen LogP contribution is 2.22. The van der Waals surface area contributed by atoms with Gasteiger partial charge in [-0.1, -0.05) is 6.07 Å². The number of piperidine rings is 1. The van der Waals surface area contributed by atoms with Crippen molar-refractivity contribution in [1.82, 2.24) is 9.88 Å². The molecule has 0 saturated carbocycles. The summed E-state index contributed by atoms with van der Waals surface area (Å²) in [5.41, 5.74) is 1.83. The van der Waals surface area contributed by atoms with Gasteiger partial charge in [-0.15, -0.1) is 0 Å². The van der Waals surface area contributed by atoms with Gasteiger partial charge in [0.15, 0.2) is 0 Å². The second-order valence-corrected chi connectivity index (χ2v) is 6.06. The summed E-state index contributed by atoms with van der Waals surface area (Å²) in [6.07, 6.45) is 4.69. The van der Waals surface area contributed by atoms with Crippen LogP contribution in [0, 0.1) is 5.82 Å². The molecule has 1 aromatic heterocycles. The number of aromatic nitrogens is 1. The molecule has 0 radical (unpaired) electrons. The van der Waals surface area contributed by atoms with Crippen LogP contribution in [0.3, 0.4) is 0 Å². The van der Waals surface area contributed by atoms with Crippen molar-refractivity contribution >= 4 is 10.9 Å². The molecule has 1 aliphatic rings. The number of likely N-dealkylation sites (tertiary alicyclic amines) is 1. The Kier molecular flexibility index (Phi) is 5.54. The van der Waals surface area contributed by atoms with E-state index in [1.807, 2.05) is 12.1 Å². The summed E-state index contributed by atoms with van der Waals surface area (Å²) in [5.74, 6) is -0.206. The normalized spacial score (nSPS) is 17.0. The van der Waals surface area contributed by atoms with Crippen molar-refractivity contribution in [3.8, 4) is 0 Å². The topological polar surface area (TPSA) is 45.6 Å². The van der Waals surface area contributed by atoms with Crippen LogP contribution in [-0.2, 0) is 11.3 Å². The van der Waals surface area contributed by atoms with Crippen molar-refractivity contribution in [2.45, 2.75) is 31.9 Å². The largest absolute Gasteiger partial charge is 0.396 e. The molecule has 0 amide bonds. The zero-order valence-electron chi connectivity index (χ0n) is 13.2. The van der Waals surface area contributed by atoms with E-state index >= 15 is 0 Å². The number of nitrogens with zero attached hydrogens (tertiary/aromatic N) is 2. The molecule has 1 N–H and O–H groups in total. The number of ether oxygens (including phenoxy) is 1. The minimum atomic E-state index is -0.206. The predicted molar refractivity (Wildman–Crippen MR) is 87.7 cm³/mol. The number of aliphatic hydroxyl groups excluding tert-OH is 1. The highest BCUT2D eigenvalue weighted by Gasteiger charge is 2.20. The molecule has 1 aromatic carbocycles. The van der Waals surface area contributed by atoms with E-state index in [2.05, 4.69) is 9.88 Å². The van der Waals surface area contributed by atoms with Gasteiger partial charge >= 0.3 is 0 Å². The molecule has 124 valence electrons. The van der Waals surface area contributed by atoms with Crippen molar-refractivity contribution in [3.05, 3.63) is 41.8 Å². The Hall–Kier alpha value is -1.56. The van der Waals surface area contributed by atoms with E-state index in [0.717, 1.165) is 42.4 Å². The predicted octanol–water partition coefficient (Wildman–Crippen LogP) is 2.74. The molecule has 0 spiro atoms. The number of pyridine rings is 1. The molecule has 0 aliphatic carbocycles. The Labute approximate surface area is 135 Å². The maximum Gasteiger partial charge on any atom is 0.124 e. The van der Waals surface area contributed by atoms with Crippen LogP contribution in [0.2, 0.25) is 0 Å². The summed E-state index contributed by atoms with van der Waals surface area (Å²) >= 11 is 0. The molecule has 0 unspecified atom stereocenters. The van der Waals surface area contributed by atoms with Crippen LogP contribution < -0.4 is 0 Å². The minimum absolute atomic E-state index is 0.179. The Morgan fingerprint density at radius 3 is 2.91 bits per heavy atom. The van der Waals surface area contributed by atoms with E-state index in [9.17, 15) is 4.39 Å². The summed E-state index contributed by atoms with van der Waals surface area (Å²) in [6, 6.07) is 6.86. The van der Waals surface area contributed by atoms with E-state index in [4.69, 9.17) is 9.84 Å². The highest BCUT2D eigenvalue weighted by atomic mass is 19.1. The molecule has 0 atom stereocenters. The lowest BCUT2D eigenvalue weighted by molar-refractivity contribution is 0.000836. The van der Waals surface area contributed by atoms with Crippen molar-refractivity contribution in [1.29, 1.82) is 0 Å². The number of hydrogen-bond acceptors (Lipinski definition) is 4. The summed E-state index contributed by atoms with van der Waals surface area (Å²) in [4.78, 5) is 6.74. The molecule has 1 saturated heterocycles. The zero-order valence-corrected chi connectivity index (χ0v) is 13.2. The maximum atomic E-state index is 13.8. The van der Waals surface area contributed by atoms with Crippen LogP contribution in [0.15, 0.2) is 30.5 Å². The number of fused-ring (bicyclic) bond motifs is 1. The summed E-state index contributed by atoms with van der Waals surface area (Å²) in [6.45, 7) is 3.40. The molecule has 0 bridgehead atoms. The van der Waals surface area contributed by atoms with Crippen molar-refractivity contribution in [2.24, 2.45) is 0 Å². The quantitative estimate of drug-likeness (QED) is 0.832. The van der Waals surface area contributed by atoms with Crippen LogP contribution in [-0.4, -0.2) is 47.4 Å². The molecular formula is C18H23FN2O2. The first-order valence-electron chi connectivity index (χ1n) is 8.24. The van der Waals surface area contributed by atoms with Crippen LogP contribution in [0.25, 0.3) is 10.9 Å². The fourth-order valence-electron chi connectivity index (χ4n) is 3.14. The zero-order chi connectivity index (χ0) is 16.1. The van der Waals surface area contributed by atoms with Gasteiger partial charge in [-0.05, 0) is 43.0 Å². The van der Waals surface area contributed by atoms with Crippen molar-refractivity contribution < 1.29 is 14.2 Å². The van der Waals surface area contributed by atoms with E-state index in [-0.39, 0.29) is 18.5 Å². The van der Waals surface area contributed by atoms with Gasteiger partial charge in [-0.2, -0.15) is 0 Å². The average molecular weight is 318 g/mol. The lowest BCUT2D eigenvalue weighted by atomic mass is 10.0. The maximum absolute atomic E-state index is 13.8. The monoisotopic (exact) mass is 318 g/mol. The molecule has 2 aromatic rings. The van der Waals surface area contributed by atoms with Gasteiger partial charge in [0.2, 0.25) is 0 Å². The standard InChI is InChI=1S/C18H23FN2O2/c19-16-11-14-3-1-6-20-18(14)15(12-16)13-21-7-4-17(5-8-21)23-10-2-9-22/h1,3,6,11-12,17,22H,2,4-5,7-10,13H2. The molecular weight excluding hydrogens is 295 g/mol. The fraction of sp³-hybridized carbons (Fsp3) is 0.500. The van der Waals surface area contributed by atoms with Crippen molar-refractivity contribution in [3.63, 3.8) is 0 Å². The molecule has 1 aliphatic heterocycles. The van der Waals surface area contributed by atoms with Gasteiger partial charge in [0.1, 0.15) is 5.82 Å². The first-order chi connectivity index (χ1) is 11.3. The summed E-state index contributed by atoms with van der Waals surface area (Å²) < 4.78 is 19.6. The lowest BCUT2D eigenvalue weighted by Crippen LogP contribution is -2.36. The van der Waals surface area contributed by atoms with Gasteiger partial charge in [0.25, 0.3) is 0 Å². The first-order valence-corrected chi connectivity index (χ1v) is 8.24. The highest BCUT2D eigenvalue weighted by molar-refractivity contribution is 5.81. The average Bonchev–Trinajstić information content (AvgIpc) is 2.56. The Balaban J connectivity index is 1.61. The van der Waals surface area contributed by atoms with Gasteiger partial charge < -0.3 is 9.84 Å². The number of halogens is 1. The number of aliphatic hydroxyl groups is 1. The van der Waals surface area contributed by atoms with Crippen LogP contribution in [0.1, 0.15) is 24.8 Å². The molecule has 3 rings (SSSR count). The number of benzene rings is 1. The first kappa shape index (κ1) is 16.3. The van der Waals surface area contributed by atoms with Crippen LogP contribution in [0.4, 0.5) is 4.39 Å². The molecule has 4 nitrogen and oxygen atoms in total. The van der Waals surface area contributed by atoms with E-state index < -0.39 is 0 Å². The Morgan fingerprint density at radius 1 is 1.30 bits per heavy atom. The van der Waals surface area contributed by atoms with E-state index in [1.54, 1.807) is 12.3 Å².